The van der Waals surface area contributed by atoms with Crippen molar-refractivity contribution >= 4 is 40.7 Å². The molecule has 0 saturated heterocycles. The maximum absolute atomic E-state index is 12.9. The fraction of sp³-hybridized carbons (Fsp3) is 0.222. The summed E-state index contributed by atoms with van der Waals surface area (Å²) in [4.78, 5) is 11.8. The molecule has 0 aliphatic rings. The molecule has 3 N–H and O–H groups in total. The van der Waals surface area contributed by atoms with Gasteiger partial charge in [-0.15, -0.1) is 11.8 Å². The standard InChI is InChI=1S/C18H18F3N3OS2/c1-12-6-2-3-7-13(12)10-27-11-16(25)23-24-17(26)22-15-9-5-4-8-14(15)18(19,20)21/h2-9H,10-11H2,1H3,(H,23,25)(H2,22,24,26). The van der Waals surface area contributed by atoms with Crippen LogP contribution in [0.3, 0.4) is 0 Å². The number of hydrogen-bond donors (Lipinski definition) is 3. The van der Waals surface area contributed by atoms with Crippen molar-refractivity contribution in [1.29, 1.82) is 0 Å². The van der Waals surface area contributed by atoms with Crippen molar-refractivity contribution in [2.24, 2.45) is 0 Å². The minimum atomic E-state index is -4.51. The molecule has 0 heterocycles. The van der Waals surface area contributed by atoms with E-state index in [-0.39, 0.29) is 22.5 Å². The Bertz CT molecular complexity index is 812. The van der Waals surface area contributed by atoms with Crippen LogP contribution < -0.4 is 16.2 Å². The summed E-state index contributed by atoms with van der Waals surface area (Å²) in [6.07, 6.45) is -4.51. The molecule has 2 aromatic carbocycles. The zero-order valence-corrected chi connectivity index (χ0v) is 16.0. The Morgan fingerprint density at radius 2 is 1.74 bits per heavy atom. The lowest BCUT2D eigenvalue weighted by Gasteiger charge is -2.16. The minimum Gasteiger partial charge on any atom is -0.331 e. The quantitative estimate of drug-likeness (QED) is 0.505. The molecule has 27 heavy (non-hydrogen) atoms. The Labute approximate surface area is 164 Å². The molecular weight excluding hydrogens is 395 g/mol. The van der Waals surface area contributed by atoms with Crippen LogP contribution in [0.5, 0.6) is 0 Å². The number of anilines is 1. The summed E-state index contributed by atoms with van der Waals surface area (Å²) >= 11 is 6.36. The third kappa shape index (κ3) is 6.76. The maximum atomic E-state index is 12.9. The average molecular weight is 413 g/mol. The molecule has 0 fully saturated rings. The zero-order valence-electron chi connectivity index (χ0n) is 14.4. The summed E-state index contributed by atoms with van der Waals surface area (Å²) in [6.45, 7) is 2.00. The van der Waals surface area contributed by atoms with E-state index < -0.39 is 11.7 Å². The van der Waals surface area contributed by atoms with E-state index in [1.165, 1.54) is 30.0 Å². The molecule has 2 aromatic rings. The second kappa shape index (κ2) is 9.61. The molecule has 0 atom stereocenters. The van der Waals surface area contributed by atoms with Gasteiger partial charge in [-0.2, -0.15) is 13.2 Å². The third-order valence-electron chi connectivity index (χ3n) is 3.55. The van der Waals surface area contributed by atoms with Crippen LogP contribution >= 0.6 is 24.0 Å². The van der Waals surface area contributed by atoms with Gasteiger partial charge in [0.25, 0.3) is 0 Å². The van der Waals surface area contributed by atoms with E-state index in [0.717, 1.165) is 17.2 Å². The number of para-hydroxylation sites is 1. The molecular formula is C18H18F3N3OS2. The van der Waals surface area contributed by atoms with Crippen molar-refractivity contribution < 1.29 is 18.0 Å². The Hall–Kier alpha value is -2.26. The highest BCUT2D eigenvalue weighted by molar-refractivity contribution is 7.99. The SMILES string of the molecule is Cc1ccccc1CSCC(=O)NNC(=S)Nc1ccccc1C(F)(F)F. The number of amides is 1. The largest absolute Gasteiger partial charge is 0.418 e. The van der Waals surface area contributed by atoms with Gasteiger partial charge >= 0.3 is 6.18 Å². The molecule has 0 radical (unpaired) electrons. The highest BCUT2D eigenvalue weighted by Crippen LogP contribution is 2.34. The maximum Gasteiger partial charge on any atom is 0.418 e. The smallest absolute Gasteiger partial charge is 0.331 e. The summed E-state index contributed by atoms with van der Waals surface area (Å²) in [5.74, 6) is 0.534. The number of hydrogen-bond acceptors (Lipinski definition) is 3. The predicted octanol–water partition coefficient (Wildman–Crippen LogP) is 4.26. The van der Waals surface area contributed by atoms with Gasteiger partial charge in [0.1, 0.15) is 0 Å². The second-order valence-electron chi connectivity index (χ2n) is 5.59. The summed E-state index contributed by atoms with van der Waals surface area (Å²) in [5.41, 5.74) is 6.04. The molecule has 0 unspecified atom stereocenters. The molecule has 4 nitrogen and oxygen atoms in total. The van der Waals surface area contributed by atoms with Gasteiger partial charge in [0, 0.05) is 5.75 Å². The molecule has 2 rings (SSSR count). The molecule has 1 amide bonds. The first-order chi connectivity index (χ1) is 12.8. The van der Waals surface area contributed by atoms with Gasteiger partial charge in [0.05, 0.1) is 17.0 Å². The van der Waals surface area contributed by atoms with Crippen LogP contribution in [-0.4, -0.2) is 16.8 Å². The van der Waals surface area contributed by atoms with Crippen molar-refractivity contribution in [3.05, 3.63) is 65.2 Å². The average Bonchev–Trinajstić information content (AvgIpc) is 2.61. The molecule has 0 spiro atoms. The van der Waals surface area contributed by atoms with Gasteiger partial charge in [0.2, 0.25) is 5.91 Å². The fourth-order valence-electron chi connectivity index (χ4n) is 2.18. The van der Waals surface area contributed by atoms with Gasteiger partial charge in [-0.3, -0.25) is 15.6 Å². The highest BCUT2D eigenvalue weighted by atomic mass is 32.2. The van der Waals surface area contributed by atoms with E-state index in [1.54, 1.807) is 0 Å². The number of thiocarbonyl (C=S) groups is 1. The lowest BCUT2D eigenvalue weighted by Crippen LogP contribution is -2.44. The number of rotatable bonds is 5. The summed E-state index contributed by atoms with van der Waals surface area (Å²) in [6, 6.07) is 12.8. The van der Waals surface area contributed by atoms with E-state index in [0.29, 0.717) is 5.75 Å². The van der Waals surface area contributed by atoms with E-state index >= 15 is 0 Å². The van der Waals surface area contributed by atoms with Crippen molar-refractivity contribution in [1.82, 2.24) is 10.9 Å². The van der Waals surface area contributed by atoms with Crippen LogP contribution in [0.2, 0.25) is 0 Å². The van der Waals surface area contributed by atoms with Gasteiger partial charge in [0.15, 0.2) is 5.11 Å². The van der Waals surface area contributed by atoms with Crippen LogP contribution in [0.1, 0.15) is 16.7 Å². The Morgan fingerprint density at radius 3 is 2.44 bits per heavy atom. The van der Waals surface area contributed by atoms with Crippen LogP contribution in [0, 0.1) is 6.92 Å². The van der Waals surface area contributed by atoms with Crippen molar-refractivity contribution in [2.75, 3.05) is 11.1 Å². The Balaban J connectivity index is 1.77. The molecule has 9 heteroatoms. The number of aryl methyl sites for hydroxylation is 1. The van der Waals surface area contributed by atoms with E-state index in [1.807, 2.05) is 31.2 Å². The third-order valence-corrected chi connectivity index (χ3v) is 4.73. The molecule has 0 aliphatic carbocycles. The summed E-state index contributed by atoms with van der Waals surface area (Å²) in [7, 11) is 0. The number of nitrogens with one attached hydrogen (secondary N) is 3. The first kappa shape index (κ1) is 21.0. The monoisotopic (exact) mass is 413 g/mol. The second-order valence-corrected chi connectivity index (χ2v) is 6.98. The van der Waals surface area contributed by atoms with Crippen molar-refractivity contribution in [3.63, 3.8) is 0 Å². The van der Waals surface area contributed by atoms with Crippen LogP contribution in [0.25, 0.3) is 0 Å². The van der Waals surface area contributed by atoms with Gasteiger partial charge < -0.3 is 5.32 Å². The zero-order chi connectivity index (χ0) is 19.9. The number of carbonyl (C=O) groups excluding carboxylic acids is 1. The topological polar surface area (TPSA) is 53.2 Å². The number of halogens is 3. The molecule has 144 valence electrons. The number of carbonyl (C=O) groups is 1. The van der Waals surface area contributed by atoms with Crippen LogP contribution in [-0.2, 0) is 16.7 Å². The molecule has 0 aliphatic heterocycles. The van der Waals surface area contributed by atoms with Crippen molar-refractivity contribution in [2.45, 2.75) is 18.9 Å². The first-order valence-corrected chi connectivity index (χ1v) is 9.48. The normalized spacial score (nSPS) is 11.0. The fourth-order valence-corrected chi connectivity index (χ4v) is 3.25. The van der Waals surface area contributed by atoms with E-state index in [9.17, 15) is 18.0 Å². The highest BCUT2D eigenvalue weighted by Gasteiger charge is 2.33. The summed E-state index contributed by atoms with van der Waals surface area (Å²) in [5, 5.41) is 2.31. The molecule has 0 saturated carbocycles. The number of benzene rings is 2. The number of thioether (sulfide) groups is 1. The lowest BCUT2D eigenvalue weighted by atomic mass is 10.1. The van der Waals surface area contributed by atoms with Crippen molar-refractivity contribution in [3.8, 4) is 0 Å². The van der Waals surface area contributed by atoms with Crippen LogP contribution in [0.4, 0.5) is 18.9 Å². The van der Waals surface area contributed by atoms with Gasteiger partial charge in [-0.1, -0.05) is 36.4 Å². The van der Waals surface area contributed by atoms with E-state index in [2.05, 4.69) is 16.2 Å². The number of alkyl halides is 3. The lowest BCUT2D eigenvalue weighted by molar-refractivity contribution is -0.137. The number of hydrazine groups is 1. The Kier molecular flexibility index (Phi) is 7.49. The Morgan fingerprint density at radius 1 is 1.07 bits per heavy atom. The first-order valence-electron chi connectivity index (χ1n) is 7.91. The van der Waals surface area contributed by atoms with Gasteiger partial charge in [-0.25, -0.2) is 0 Å². The van der Waals surface area contributed by atoms with Gasteiger partial charge in [-0.05, 0) is 42.4 Å². The minimum absolute atomic E-state index is 0.135. The molecule has 0 bridgehead atoms. The predicted molar refractivity (Wildman–Crippen MR) is 106 cm³/mol. The molecule has 0 aromatic heterocycles. The summed E-state index contributed by atoms with van der Waals surface area (Å²) < 4.78 is 38.8. The van der Waals surface area contributed by atoms with E-state index in [4.69, 9.17) is 12.2 Å². The van der Waals surface area contributed by atoms with Crippen LogP contribution in [0.15, 0.2) is 48.5 Å².